The summed E-state index contributed by atoms with van der Waals surface area (Å²) in [6, 6.07) is 4.85. The maximum Gasteiger partial charge on any atom is 0.275 e. The molecular formula is C14H19ClN2O2S. The van der Waals surface area contributed by atoms with Crippen molar-refractivity contribution in [1.29, 1.82) is 0 Å². The number of nitro groups is 1. The lowest BCUT2D eigenvalue weighted by atomic mass is 10.1. The summed E-state index contributed by atoms with van der Waals surface area (Å²) in [7, 11) is 0. The molecule has 0 bridgehead atoms. The summed E-state index contributed by atoms with van der Waals surface area (Å²) in [4.78, 5) is 10.7. The first-order chi connectivity index (χ1) is 9.56. The van der Waals surface area contributed by atoms with Crippen molar-refractivity contribution in [3.05, 3.63) is 38.9 Å². The number of nitro benzene ring substituents is 1. The van der Waals surface area contributed by atoms with Gasteiger partial charge in [-0.05, 0) is 31.2 Å². The maximum absolute atomic E-state index is 11.0. The molecule has 1 aromatic rings. The highest BCUT2D eigenvalue weighted by molar-refractivity contribution is 8.00. The van der Waals surface area contributed by atoms with Crippen LogP contribution in [-0.2, 0) is 6.54 Å². The van der Waals surface area contributed by atoms with E-state index in [1.54, 1.807) is 12.1 Å². The fourth-order valence-electron chi connectivity index (χ4n) is 2.75. The average Bonchev–Trinajstić information content (AvgIpc) is 2.89. The Morgan fingerprint density at radius 3 is 2.75 bits per heavy atom. The van der Waals surface area contributed by atoms with Gasteiger partial charge in [0.25, 0.3) is 5.69 Å². The van der Waals surface area contributed by atoms with E-state index in [2.05, 4.69) is 11.6 Å². The summed E-state index contributed by atoms with van der Waals surface area (Å²) < 4.78 is 0.307. The number of rotatable bonds is 6. The molecule has 110 valence electrons. The van der Waals surface area contributed by atoms with Gasteiger partial charge in [0.15, 0.2) is 0 Å². The molecule has 0 saturated heterocycles. The third kappa shape index (κ3) is 3.65. The van der Waals surface area contributed by atoms with Gasteiger partial charge in [0.2, 0.25) is 0 Å². The van der Waals surface area contributed by atoms with E-state index in [1.165, 1.54) is 31.7 Å². The molecule has 1 aromatic carbocycles. The summed E-state index contributed by atoms with van der Waals surface area (Å²) in [6.07, 6.45) is 7.17. The summed E-state index contributed by atoms with van der Waals surface area (Å²) >= 11 is 7.73. The van der Waals surface area contributed by atoms with Crippen molar-refractivity contribution in [2.75, 3.05) is 12.8 Å². The van der Waals surface area contributed by atoms with Gasteiger partial charge in [0.05, 0.1) is 4.92 Å². The van der Waals surface area contributed by atoms with Crippen molar-refractivity contribution in [3.8, 4) is 0 Å². The first kappa shape index (κ1) is 15.6. The smallest absolute Gasteiger partial charge is 0.275 e. The van der Waals surface area contributed by atoms with Gasteiger partial charge >= 0.3 is 0 Å². The van der Waals surface area contributed by atoms with Crippen molar-refractivity contribution < 1.29 is 4.92 Å². The molecule has 0 heterocycles. The minimum absolute atomic E-state index is 0.0922. The maximum atomic E-state index is 11.0. The number of nitrogens with one attached hydrogen (secondary N) is 1. The van der Waals surface area contributed by atoms with Gasteiger partial charge in [0, 0.05) is 34.5 Å². The summed E-state index contributed by atoms with van der Waals surface area (Å²) in [5.74, 6) is 0. The lowest BCUT2D eigenvalue weighted by Crippen LogP contribution is -2.34. The first-order valence-corrected chi connectivity index (χ1v) is 8.35. The molecule has 2 rings (SSSR count). The Bertz CT molecular complexity index is 490. The van der Waals surface area contributed by atoms with Gasteiger partial charge in [-0.15, -0.1) is 0 Å². The molecule has 0 aromatic heterocycles. The molecule has 0 atom stereocenters. The monoisotopic (exact) mass is 314 g/mol. The highest BCUT2D eigenvalue weighted by Crippen LogP contribution is 2.39. The third-order valence-electron chi connectivity index (χ3n) is 3.95. The molecule has 0 unspecified atom stereocenters. The van der Waals surface area contributed by atoms with Crippen LogP contribution in [0, 0.1) is 10.1 Å². The number of thioether (sulfide) groups is 1. The largest absolute Gasteiger partial charge is 0.311 e. The van der Waals surface area contributed by atoms with Crippen molar-refractivity contribution in [3.63, 3.8) is 0 Å². The molecular weight excluding hydrogens is 296 g/mol. The number of hydrogen-bond donors (Lipinski definition) is 1. The molecule has 6 heteroatoms. The van der Waals surface area contributed by atoms with Crippen LogP contribution in [0.2, 0.25) is 5.02 Å². The Labute approximate surface area is 128 Å². The molecule has 1 saturated carbocycles. The quantitative estimate of drug-likeness (QED) is 0.636. The molecule has 0 spiro atoms. The Hall–Kier alpha value is -0.780. The van der Waals surface area contributed by atoms with Crippen LogP contribution in [0.15, 0.2) is 18.2 Å². The van der Waals surface area contributed by atoms with Crippen LogP contribution in [0.4, 0.5) is 5.69 Å². The zero-order valence-electron chi connectivity index (χ0n) is 11.5. The van der Waals surface area contributed by atoms with Crippen LogP contribution in [-0.4, -0.2) is 22.5 Å². The highest BCUT2D eigenvalue weighted by atomic mass is 35.5. The van der Waals surface area contributed by atoms with E-state index in [1.807, 2.05) is 11.8 Å². The standard InChI is InChI=1S/C14H19ClN2O2S/c1-20-14(6-2-3-7-14)10-16-9-11-4-5-12(15)8-13(11)17(18)19/h4-5,8,16H,2-3,6-7,9-10H2,1H3. The zero-order chi connectivity index (χ0) is 14.6. The van der Waals surface area contributed by atoms with E-state index in [4.69, 9.17) is 11.6 Å². The predicted octanol–water partition coefficient (Wildman–Crippen LogP) is 4.01. The Kier molecular flexibility index (Phi) is 5.29. The van der Waals surface area contributed by atoms with Crippen LogP contribution in [0.25, 0.3) is 0 Å². The third-order valence-corrected chi connectivity index (χ3v) is 5.61. The number of hydrogen-bond acceptors (Lipinski definition) is 4. The number of halogens is 1. The van der Waals surface area contributed by atoms with Gasteiger partial charge in [-0.2, -0.15) is 11.8 Å². The second-order valence-corrected chi connectivity index (χ2v) is 6.94. The fourth-order valence-corrected chi connectivity index (χ4v) is 3.86. The van der Waals surface area contributed by atoms with Crippen LogP contribution < -0.4 is 5.32 Å². The molecule has 1 aliphatic rings. The zero-order valence-corrected chi connectivity index (χ0v) is 13.1. The van der Waals surface area contributed by atoms with Gasteiger partial charge in [-0.3, -0.25) is 10.1 Å². The van der Waals surface area contributed by atoms with Crippen LogP contribution in [0.3, 0.4) is 0 Å². The normalized spacial score (nSPS) is 17.3. The van der Waals surface area contributed by atoms with E-state index >= 15 is 0 Å². The van der Waals surface area contributed by atoms with Gasteiger partial charge in [0.1, 0.15) is 0 Å². The molecule has 1 fully saturated rings. The van der Waals surface area contributed by atoms with Crippen molar-refractivity contribution in [1.82, 2.24) is 5.32 Å². The SMILES string of the molecule is CSC1(CNCc2ccc(Cl)cc2[N+](=O)[O-])CCCC1. The van der Waals surface area contributed by atoms with E-state index < -0.39 is 0 Å². The minimum Gasteiger partial charge on any atom is -0.311 e. The predicted molar refractivity (Wildman–Crippen MR) is 84.5 cm³/mol. The van der Waals surface area contributed by atoms with Crippen molar-refractivity contribution in [2.45, 2.75) is 37.0 Å². The van der Waals surface area contributed by atoms with Crippen molar-refractivity contribution >= 4 is 29.1 Å². The second-order valence-electron chi connectivity index (χ2n) is 5.23. The van der Waals surface area contributed by atoms with E-state index in [0.717, 1.165) is 6.54 Å². The summed E-state index contributed by atoms with van der Waals surface area (Å²) in [5.41, 5.74) is 0.781. The number of nitrogens with zero attached hydrogens (tertiary/aromatic N) is 1. The molecule has 0 radical (unpaired) electrons. The minimum atomic E-state index is -0.372. The molecule has 0 aliphatic heterocycles. The van der Waals surface area contributed by atoms with Gasteiger partial charge < -0.3 is 5.32 Å². The summed E-state index contributed by atoms with van der Waals surface area (Å²) in [5, 5.41) is 14.8. The number of benzene rings is 1. The molecule has 1 aliphatic carbocycles. The van der Waals surface area contributed by atoms with Crippen LogP contribution in [0.5, 0.6) is 0 Å². The van der Waals surface area contributed by atoms with Gasteiger partial charge in [-0.25, -0.2) is 0 Å². The first-order valence-electron chi connectivity index (χ1n) is 6.75. The topological polar surface area (TPSA) is 55.2 Å². The highest BCUT2D eigenvalue weighted by Gasteiger charge is 2.32. The van der Waals surface area contributed by atoms with Crippen molar-refractivity contribution in [2.24, 2.45) is 0 Å². The molecule has 4 nitrogen and oxygen atoms in total. The van der Waals surface area contributed by atoms with Gasteiger partial charge in [-0.1, -0.05) is 24.4 Å². The molecule has 20 heavy (non-hydrogen) atoms. The fraction of sp³-hybridized carbons (Fsp3) is 0.571. The van der Waals surface area contributed by atoms with E-state index in [9.17, 15) is 10.1 Å². The molecule has 0 amide bonds. The average molecular weight is 315 g/mol. The van der Waals surface area contributed by atoms with Crippen LogP contribution in [0.1, 0.15) is 31.2 Å². The lowest BCUT2D eigenvalue weighted by molar-refractivity contribution is -0.385. The van der Waals surface area contributed by atoms with Crippen LogP contribution >= 0.6 is 23.4 Å². The Morgan fingerprint density at radius 2 is 2.15 bits per heavy atom. The summed E-state index contributed by atoms with van der Waals surface area (Å²) in [6.45, 7) is 1.41. The Balaban J connectivity index is 1.99. The lowest BCUT2D eigenvalue weighted by Gasteiger charge is -2.27. The Morgan fingerprint density at radius 1 is 1.45 bits per heavy atom. The second kappa shape index (κ2) is 6.78. The van der Waals surface area contributed by atoms with E-state index in [0.29, 0.717) is 21.9 Å². The van der Waals surface area contributed by atoms with E-state index in [-0.39, 0.29) is 10.6 Å². The molecule has 1 N–H and O–H groups in total.